The lowest BCUT2D eigenvalue weighted by Crippen LogP contribution is -2.43. The molecule has 8 heteroatoms. The number of hydrogen-bond donors (Lipinski definition) is 1. The average molecular weight is 378 g/mol. The molecule has 1 aliphatic rings. The van der Waals surface area contributed by atoms with Crippen molar-refractivity contribution in [3.8, 4) is 0 Å². The largest absolute Gasteiger partial charge is 0.480 e. The molecule has 1 aromatic rings. The maximum Gasteiger partial charge on any atom is 0.323 e. The van der Waals surface area contributed by atoms with Gasteiger partial charge in [-0.3, -0.25) is 19.1 Å². The molecule has 0 radical (unpaired) electrons. The van der Waals surface area contributed by atoms with Crippen LogP contribution in [0.1, 0.15) is 61.3 Å². The molecule has 2 rings (SSSR count). The van der Waals surface area contributed by atoms with Crippen LogP contribution >= 0.6 is 0 Å². The van der Waals surface area contributed by atoms with E-state index in [1.54, 1.807) is 0 Å². The molecular formula is C19H30N4O4. The molecule has 1 fully saturated rings. The monoisotopic (exact) mass is 378 g/mol. The van der Waals surface area contributed by atoms with Crippen LogP contribution in [0, 0.1) is 13.8 Å². The predicted octanol–water partition coefficient (Wildman–Crippen LogP) is 1.84. The third-order valence-electron chi connectivity index (χ3n) is 5.17. The van der Waals surface area contributed by atoms with Crippen LogP contribution in [0.25, 0.3) is 0 Å². The lowest BCUT2D eigenvalue weighted by atomic mass is 10.1. The van der Waals surface area contributed by atoms with Crippen LogP contribution in [-0.2, 0) is 16.1 Å². The summed E-state index contributed by atoms with van der Waals surface area (Å²) in [5.74, 6) is -1.28. The number of amides is 2. The molecule has 1 N–H and O–H groups in total. The Labute approximate surface area is 160 Å². The van der Waals surface area contributed by atoms with E-state index in [0.717, 1.165) is 30.8 Å². The third kappa shape index (κ3) is 4.87. The second-order valence-electron chi connectivity index (χ2n) is 7.19. The highest BCUT2D eigenvalue weighted by molar-refractivity contribution is 5.96. The fourth-order valence-electron chi connectivity index (χ4n) is 3.83. The van der Waals surface area contributed by atoms with Crippen molar-refractivity contribution >= 4 is 17.8 Å². The topological polar surface area (TPSA) is 95.7 Å². The van der Waals surface area contributed by atoms with Crippen LogP contribution in [0.4, 0.5) is 0 Å². The molecule has 1 atom stereocenters. The van der Waals surface area contributed by atoms with E-state index in [-0.39, 0.29) is 24.4 Å². The second kappa shape index (κ2) is 9.01. The summed E-state index contributed by atoms with van der Waals surface area (Å²) in [4.78, 5) is 39.2. The van der Waals surface area contributed by atoms with Gasteiger partial charge in [0.2, 0.25) is 5.91 Å². The third-order valence-corrected chi connectivity index (χ3v) is 5.17. The highest BCUT2D eigenvalue weighted by Gasteiger charge is 2.29. The smallest absolute Gasteiger partial charge is 0.323 e. The van der Waals surface area contributed by atoms with Crippen LogP contribution in [0.3, 0.4) is 0 Å². The Kier molecular flexibility index (Phi) is 6.98. The van der Waals surface area contributed by atoms with Crippen molar-refractivity contribution in [2.75, 3.05) is 19.6 Å². The molecule has 27 heavy (non-hydrogen) atoms. The van der Waals surface area contributed by atoms with Crippen LogP contribution < -0.4 is 0 Å². The molecule has 0 saturated carbocycles. The summed E-state index contributed by atoms with van der Waals surface area (Å²) in [5, 5.41) is 13.6. The lowest BCUT2D eigenvalue weighted by Gasteiger charge is -2.28. The summed E-state index contributed by atoms with van der Waals surface area (Å²) < 4.78 is 1.88. The van der Waals surface area contributed by atoms with E-state index in [1.165, 1.54) is 11.8 Å². The summed E-state index contributed by atoms with van der Waals surface area (Å²) in [5.41, 5.74) is 2.29. The maximum atomic E-state index is 13.1. The van der Waals surface area contributed by atoms with Crippen LogP contribution in [0.15, 0.2) is 0 Å². The molecule has 2 amide bonds. The molecule has 1 unspecified atom stereocenters. The van der Waals surface area contributed by atoms with Gasteiger partial charge in [-0.05, 0) is 39.5 Å². The molecule has 0 spiro atoms. The Hall–Kier alpha value is -2.38. The van der Waals surface area contributed by atoms with E-state index in [4.69, 9.17) is 5.11 Å². The second-order valence-corrected chi connectivity index (χ2v) is 7.19. The van der Waals surface area contributed by atoms with E-state index in [1.807, 2.05) is 23.4 Å². The van der Waals surface area contributed by atoms with Gasteiger partial charge >= 0.3 is 5.97 Å². The van der Waals surface area contributed by atoms with Crippen molar-refractivity contribution in [2.24, 2.45) is 0 Å². The lowest BCUT2D eigenvalue weighted by molar-refractivity contribution is -0.145. The zero-order chi connectivity index (χ0) is 20.1. The number of carboxylic acids is 1. The van der Waals surface area contributed by atoms with Gasteiger partial charge in [0.15, 0.2) is 0 Å². The minimum Gasteiger partial charge on any atom is -0.480 e. The van der Waals surface area contributed by atoms with Crippen molar-refractivity contribution in [2.45, 2.75) is 66.0 Å². The number of aryl methyl sites for hydroxylation is 2. The van der Waals surface area contributed by atoms with Gasteiger partial charge in [-0.15, -0.1) is 0 Å². The van der Waals surface area contributed by atoms with Gasteiger partial charge in [0.05, 0.1) is 11.3 Å². The Balaban J connectivity index is 2.13. The van der Waals surface area contributed by atoms with Crippen molar-refractivity contribution in [1.82, 2.24) is 19.6 Å². The molecule has 1 aliphatic heterocycles. The van der Waals surface area contributed by atoms with Crippen LogP contribution in [0.5, 0.6) is 0 Å². The Bertz CT molecular complexity index is 713. The number of nitrogens with zero attached hydrogens (tertiary/aromatic N) is 4. The van der Waals surface area contributed by atoms with Crippen LogP contribution in [-0.4, -0.2) is 68.1 Å². The first-order valence-electron chi connectivity index (χ1n) is 9.58. The van der Waals surface area contributed by atoms with Gasteiger partial charge in [-0.2, -0.15) is 5.10 Å². The minimum atomic E-state index is -1.02. The number of rotatable bonds is 6. The van der Waals surface area contributed by atoms with Gasteiger partial charge in [0.25, 0.3) is 5.91 Å². The van der Waals surface area contributed by atoms with Crippen molar-refractivity contribution < 1.29 is 19.5 Å². The zero-order valence-electron chi connectivity index (χ0n) is 16.7. The minimum absolute atomic E-state index is 0.0272. The first-order valence-corrected chi connectivity index (χ1v) is 9.58. The van der Waals surface area contributed by atoms with E-state index in [9.17, 15) is 14.4 Å². The number of likely N-dealkylation sites (tertiary alicyclic amines) is 1. The predicted molar refractivity (Wildman–Crippen MR) is 101 cm³/mol. The number of hydrogen-bond acceptors (Lipinski definition) is 4. The van der Waals surface area contributed by atoms with Crippen molar-refractivity contribution in [1.29, 1.82) is 0 Å². The fraction of sp³-hybridized carbons (Fsp3) is 0.684. The summed E-state index contributed by atoms with van der Waals surface area (Å²) >= 11 is 0. The van der Waals surface area contributed by atoms with Crippen LogP contribution in [0.2, 0.25) is 0 Å². The van der Waals surface area contributed by atoms with Crippen molar-refractivity contribution in [3.63, 3.8) is 0 Å². The van der Waals surface area contributed by atoms with E-state index < -0.39 is 5.97 Å². The van der Waals surface area contributed by atoms with Crippen molar-refractivity contribution in [3.05, 3.63) is 17.0 Å². The quantitative estimate of drug-likeness (QED) is 0.815. The molecule has 8 nitrogen and oxygen atoms in total. The Morgan fingerprint density at radius 3 is 2.52 bits per heavy atom. The molecule has 1 saturated heterocycles. The van der Waals surface area contributed by atoms with Gasteiger partial charge < -0.3 is 14.9 Å². The van der Waals surface area contributed by atoms with Gasteiger partial charge in [0, 0.05) is 38.3 Å². The standard InChI is InChI=1S/C19H30N4O4/c1-5-9-23-14(3)18(13(2)20-23)19(27)21-10-6-7-16(8-11-21)22(15(4)24)12-17(25)26/h16H,5-12H2,1-4H3,(H,25,26). The number of carboxylic acid groups (broad SMARTS) is 1. The summed E-state index contributed by atoms with van der Waals surface area (Å²) in [6.45, 7) is 8.85. The fourth-order valence-corrected chi connectivity index (χ4v) is 3.83. The maximum absolute atomic E-state index is 13.1. The van der Waals surface area contributed by atoms with Gasteiger partial charge in [0.1, 0.15) is 6.54 Å². The van der Waals surface area contributed by atoms with Gasteiger partial charge in [-0.1, -0.05) is 6.92 Å². The first-order chi connectivity index (χ1) is 12.8. The molecule has 150 valence electrons. The summed E-state index contributed by atoms with van der Waals surface area (Å²) in [7, 11) is 0. The molecule has 0 bridgehead atoms. The summed E-state index contributed by atoms with van der Waals surface area (Å²) in [6.07, 6.45) is 2.97. The Morgan fingerprint density at radius 2 is 1.93 bits per heavy atom. The van der Waals surface area contributed by atoms with E-state index >= 15 is 0 Å². The zero-order valence-corrected chi connectivity index (χ0v) is 16.7. The summed E-state index contributed by atoms with van der Waals surface area (Å²) in [6, 6.07) is -0.151. The normalized spacial score (nSPS) is 17.5. The van der Waals surface area contributed by atoms with E-state index in [0.29, 0.717) is 31.5 Å². The Morgan fingerprint density at radius 1 is 1.22 bits per heavy atom. The highest BCUT2D eigenvalue weighted by Crippen LogP contribution is 2.21. The molecular weight excluding hydrogens is 348 g/mol. The number of aromatic nitrogens is 2. The molecule has 2 heterocycles. The molecule has 0 aromatic carbocycles. The average Bonchev–Trinajstić information content (AvgIpc) is 2.77. The highest BCUT2D eigenvalue weighted by atomic mass is 16.4. The number of carbonyl (C=O) groups is 3. The van der Waals surface area contributed by atoms with Gasteiger partial charge in [-0.25, -0.2) is 0 Å². The molecule has 1 aromatic heterocycles. The first kappa shape index (κ1) is 20.9. The molecule has 0 aliphatic carbocycles. The number of aliphatic carboxylic acids is 1. The number of carbonyl (C=O) groups excluding carboxylic acids is 2. The van der Waals surface area contributed by atoms with E-state index in [2.05, 4.69) is 12.0 Å². The SMILES string of the molecule is CCCn1nc(C)c(C(=O)N2CCCC(N(CC(=O)O)C(C)=O)CC2)c1C.